The number of ether oxygens (including phenoxy) is 3. The molecule has 6 nitrogen and oxygen atoms in total. The van der Waals surface area contributed by atoms with E-state index in [0.29, 0.717) is 19.3 Å². The van der Waals surface area contributed by atoms with Gasteiger partial charge >= 0.3 is 17.9 Å². The van der Waals surface area contributed by atoms with Crippen LogP contribution in [0.2, 0.25) is 0 Å². The summed E-state index contributed by atoms with van der Waals surface area (Å²) in [6.07, 6.45) is 78.8. The maximum absolute atomic E-state index is 12.9. The van der Waals surface area contributed by atoms with Crippen molar-refractivity contribution in [2.24, 2.45) is 0 Å². The molecule has 0 saturated carbocycles. The second kappa shape index (κ2) is 60.1. The Morgan fingerprint density at radius 3 is 0.917 bits per heavy atom. The summed E-state index contributed by atoms with van der Waals surface area (Å²) in [7, 11) is 0. The van der Waals surface area contributed by atoms with Crippen LogP contribution in [0.4, 0.5) is 0 Å². The molecule has 0 aromatic heterocycles. The van der Waals surface area contributed by atoms with Crippen LogP contribution < -0.4 is 0 Å². The zero-order chi connectivity index (χ0) is 52.2. The molecule has 72 heavy (non-hydrogen) atoms. The fourth-order valence-electron chi connectivity index (χ4n) is 8.53. The van der Waals surface area contributed by atoms with Gasteiger partial charge in [-0.15, -0.1) is 0 Å². The van der Waals surface area contributed by atoms with Crippen molar-refractivity contribution >= 4 is 17.9 Å². The topological polar surface area (TPSA) is 78.9 Å². The molecule has 0 heterocycles. The molecule has 0 spiro atoms. The predicted molar refractivity (Wildman–Crippen MR) is 311 cm³/mol. The highest BCUT2D eigenvalue weighted by molar-refractivity contribution is 5.71. The predicted octanol–water partition coefficient (Wildman–Crippen LogP) is 20.7. The number of rotatable bonds is 55. The maximum Gasteiger partial charge on any atom is 0.306 e. The Morgan fingerprint density at radius 1 is 0.292 bits per heavy atom. The van der Waals surface area contributed by atoms with Crippen LogP contribution in [0, 0.1) is 0 Å². The number of hydrogen-bond acceptors (Lipinski definition) is 6. The van der Waals surface area contributed by atoms with Crippen LogP contribution in [0.3, 0.4) is 0 Å². The highest BCUT2D eigenvalue weighted by Crippen LogP contribution is 2.16. The van der Waals surface area contributed by atoms with Gasteiger partial charge in [-0.1, -0.05) is 254 Å². The Bertz CT molecular complexity index is 1380. The molecule has 414 valence electrons. The van der Waals surface area contributed by atoms with E-state index in [1.807, 2.05) is 0 Å². The summed E-state index contributed by atoms with van der Waals surface area (Å²) >= 11 is 0. The molecule has 0 aromatic carbocycles. The van der Waals surface area contributed by atoms with Crippen molar-refractivity contribution in [1.82, 2.24) is 0 Å². The van der Waals surface area contributed by atoms with Gasteiger partial charge in [0, 0.05) is 19.3 Å². The standard InChI is InChI=1S/C66H114O6/c1-4-7-10-13-16-19-22-24-26-28-29-30-31-32-33-34-35-36-37-39-40-42-44-47-50-53-56-59-65(68)71-62-63(61-70-64(67)58-55-52-49-46-21-18-15-12-9-6-3)72-66(69)60-57-54-51-48-45-43-41-38-27-25-23-20-17-14-11-8-5-2/h7,10,12,15-16,19,24-27,29-30,32-33,63H,4-6,8-9,11,13-14,17-18,20-23,28,31,34-62H2,1-3H3/b10-7-,15-12-,19-16-,26-24-,27-25-,30-29-,33-32-. The molecule has 1 unspecified atom stereocenters. The van der Waals surface area contributed by atoms with Crippen LogP contribution in [0.1, 0.15) is 297 Å². The first-order valence-electron chi connectivity index (χ1n) is 30.6. The molecule has 0 rings (SSSR count). The first-order chi connectivity index (χ1) is 35.5. The van der Waals surface area contributed by atoms with Crippen molar-refractivity contribution in [1.29, 1.82) is 0 Å². The SMILES string of the molecule is CC/C=C\C/C=C\C/C=C\C/C=C\C/C=C\CCCCCCCCCCCCCC(=O)OCC(COC(=O)CCCCCCC/C=C\CCC)OC(=O)CCCCCCCCC/C=C\CCCCCCCC. The fraction of sp³-hybridized carbons (Fsp3) is 0.742. The third kappa shape index (κ3) is 57.5. The summed E-state index contributed by atoms with van der Waals surface area (Å²) in [5.41, 5.74) is 0. The van der Waals surface area contributed by atoms with Crippen LogP contribution in [0.5, 0.6) is 0 Å². The van der Waals surface area contributed by atoms with Gasteiger partial charge in [-0.25, -0.2) is 0 Å². The lowest BCUT2D eigenvalue weighted by atomic mass is 10.0. The van der Waals surface area contributed by atoms with Gasteiger partial charge in [0.05, 0.1) is 0 Å². The van der Waals surface area contributed by atoms with Gasteiger partial charge in [0.15, 0.2) is 6.10 Å². The molecule has 0 aliphatic heterocycles. The van der Waals surface area contributed by atoms with Crippen molar-refractivity contribution in [3.8, 4) is 0 Å². The van der Waals surface area contributed by atoms with E-state index in [1.165, 1.54) is 154 Å². The van der Waals surface area contributed by atoms with Crippen LogP contribution in [0.15, 0.2) is 85.1 Å². The summed E-state index contributed by atoms with van der Waals surface area (Å²) in [6, 6.07) is 0. The maximum atomic E-state index is 12.9. The molecule has 0 N–H and O–H groups in total. The zero-order valence-electron chi connectivity index (χ0n) is 47.4. The molecule has 0 aromatic rings. The Morgan fingerprint density at radius 2 is 0.569 bits per heavy atom. The van der Waals surface area contributed by atoms with Crippen molar-refractivity contribution in [2.45, 2.75) is 303 Å². The second-order valence-electron chi connectivity index (χ2n) is 20.2. The molecule has 0 bridgehead atoms. The van der Waals surface area contributed by atoms with Gasteiger partial charge in [-0.3, -0.25) is 14.4 Å². The lowest BCUT2D eigenvalue weighted by Crippen LogP contribution is -2.30. The van der Waals surface area contributed by atoms with E-state index in [9.17, 15) is 14.4 Å². The average Bonchev–Trinajstić information content (AvgIpc) is 3.38. The van der Waals surface area contributed by atoms with E-state index in [2.05, 4.69) is 106 Å². The number of carbonyl (C=O) groups is 3. The van der Waals surface area contributed by atoms with Crippen molar-refractivity contribution in [3.63, 3.8) is 0 Å². The first-order valence-corrected chi connectivity index (χ1v) is 30.6. The number of esters is 3. The van der Waals surface area contributed by atoms with E-state index in [-0.39, 0.29) is 31.1 Å². The summed E-state index contributed by atoms with van der Waals surface area (Å²) in [5.74, 6) is -0.891. The van der Waals surface area contributed by atoms with E-state index in [0.717, 1.165) is 103 Å². The molecular formula is C66H114O6. The number of unbranched alkanes of at least 4 members (excludes halogenated alkanes) is 30. The van der Waals surface area contributed by atoms with E-state index >= 15 is 0 Å². The van der Waals surface area contributed by atoms with Gasteiger partial charge in [-0.2, -0.15) is 0 Å². The minimum Gasteiger partial charge on any atom is -0.462 e. The second-order valence-corrected chi connectivity index (χ2v) is 20.2. The molecule has 6 heteroatoms. The highest BCUT2D eigenvalue weighted by atomic mass is 16.6. The lowest BCUT2D eigenvalue weighted by molar-refractivity contribution is -0.167. The fourth-order valence-corrected chi connectivity index (χ4v) is 8.53. The first kappa shape index (κ1) is 68.6. The van der Waals surface area contributed by atoms with Gasteiger partial charge in [0.25, 0.3) is 0 Å². The largest absolute Gasteiger partial charge is 0.462 e. The van der Waals surface area contributed by atoms with Crippen molar-refractivity contribution in [3.05, 3.63) is 85.1 Å². The molecular weight excluding hydrogens is 889 g/mol. The summed E-state index contributed by atoms with van der Waals surface area (Å²) in [4.78, 5) is 38.1. The Kier molecular flexibility index (Phi) is 57.3. The Balaban J connectivity index is 4.23. The van der Waals surface area contributed by atoms with Crippen molar-refractivity contribution in [2.75, 3.05) is 13.2 Å². The van der Waals surface area contributed by atoms with Crippen LogP contribution in [-0.2, 0) is 28.6 Å². The van der Waals surface area contributed by atoms with Crippen LogP contribution >= 0.6 is 0 Å². The third-order valence-corrected chi connectivity index (χ3v) is 13.1. The average molecular weight is 1000 g/mol. The van der Waals surface area contributed by atoms with Gasteiger partial charge < -0.3 is 14.2 Å². The summed E-state index contributed by atoms with van der Waals surface area (Å²) in [6.45, 7) is 6.47. The van der Waals surface area contributed by atoms with Crippen molar-refractivity contribution < 1.29 is 28.6 Å². The molecule has 0 fully saturated rings. The molecule has 0 aliphatic rings. The monoisotopic (exact) mass is 1000 g/mol. The van der Waals surface area contributed by atoms with E-state index in [4.69, 9.17) is 14.2 Å². The smallest absolute Gasteiger partial charge is 0.306 e. The highest BCUT2D eigenvalue weighted by Gasteiger charge is 2.19. The van der Waals surface area contributed by atoms with Crippen LogP contribution in [0.25, 0.3) is 0 Å². The zero-order valence-corrected chi connectivity index (χ0v) is 47.4. The minimum atomic E-state index is -0.782. The van der Waals surface area contributed by atoms with E-state index < -0.39 is 6.10 Å². The molecule has 0 radical (unpaired) electrons. The molecule has 0 saturated heterocycles. The van der Waals surface area contributed by atoms with Gasteiger partial charge in [0.1, 0.15) is 13.2 Å². The Labute approximate surface area is 445 Å². The summed E-state index contributed by atoms with van der Waals surface area (Å²) in [5, 5.41) is 0. The number of hydrogen-bond donors (Lipinski definition) is 0. The molecule has 0 aliphatic carbocycles. The lowest BCUT2D eigenvalue weighted by Gasteiger charge is -2.18. The number of carbonyl (C=O) groups excluding carboxylic acids is 3. The van der Waals surface area contributed by atoms with Crippen LogP contribution in [-0.4, -0.2) is 37.2 Å². The Hall–Kier alpha value is -3.41. The quantitative estimate of drug-likeness (QED) is 0.0261. The van der Waals surface area contributed by atoms with Gasteiger partial charge in [0.2, 0.25) is 0 Å². The van der Waals surface area contributed by atoms with E-state index in [1.54, 1.807) is 0 Å². The summed E-state index contributed by atoms with van der Waals surface area (Å²) < 4.78 is 16.9. The molecule has 0 amide bonds. The normalized spacial score (nSPS) is 12.7. The number of allylic oxidation sites excluding steroid dienone is 14. The third-order valence-electron chi connectivity index (χ3n) is 13.1. The minimum absolute atomic E-state index is 0.0812. The molecule has 1 atom stereocenters. The van der Waals surface area contributed by atoms with Gasteiger partial charge in [-0.05, 0) is 109 Å².